The molecule has 0 bridgehead atoms. The predicted molar refractivity (Wildman–Crippen MR) is 128 cm³/mol. The molecule has 7 nitrogen and oxygen atoms in total. The van der Waals surface area contributed by atoms with Crippen molar-refractivity contribution in [2.24, 2.45) is 0 Å². The van der Waals surface area contributed by atoms with Crippen molar-refractivity contribution >= 4 is 21.6 Å². The van der Waals surface area contributed by atoms with Gasteiger partial charge in [0, 0.05) is 23.3 Å². The van der Waals surface area contributed by atoms with Gasteiger partial charge in [-0.05, 0) is 75.1 Å². The Hall–Kier alpha value is -3.10. The summed E-state index contributed by atoms with van der Waals surface area (Å²) in [6.07, 6.45) is 1.52. The molecule has 0 saturated heterocycles. The van der Waals surface area contributed by atoms with Gasteiger partial charge in [0.2, 0.25) is 10.0 Å². The van der Waals surface area contributed by atoms with Gasteiger partial charge in [-0.1, -0.05) is 24.3 Å². The minimum Gasteiger partial charge on any atom is -0.465 e. The molecule has 3 aromatic rings. The second kappa shape index (κ2) is 9.41. The molecule has 0 unspecified atom stereocenters. The molecule has 33 heavy (non-hydrogen) atoms. The van der Waals surface area contributed by atoms with Crippen molar-refractivity contribution in [3.05, 3.63) is 82.8 Å². The van der Waals surface area contributed by atoms with Gasteiger partial charge in [-0.2, -0.15) is 0 Å². The molecule has 1 heterocycles. The number of furan rings is 1. The quantitative estimate of drug-likeness (QED) is 0.468. The first-order valence-electron chi connectivity index (χ1n) is 11.0. The molecule has 0 atom stereocenters. The number of nitrogens with one attached hydrogen (secondary N) is 3. The number of aryl methyl sites for hydroxylation is 1. The number of fused-ring (bicyclic) bond motifs is 1. The Kier molecular flexibility index (Phi) is 6.58. The molecule has 1 aliphatic carbocycles. The lowest BCUT2D eigenvalue weighted by molar-refractivity contribution is 0.0938. The van der Waals surface area contributed by atoms with E-state index in [9.17, 15) is 13.2 Å². The Balaban J connectivity index is 1.57. The number of rotatable bonds is 8. The summed E-state index contributed by atoms with van der Waals surface area (Å²) in [5, 5.41) is 6.24. The van der Waals surface area contributed by atoms with Crippen molar-refractivity contribution < 1.29 is 17.6 Å². The third-order valence-corrected chi connectivity index (χ3v) is 7.16. The number of carbonyl (C=O) groups is 1. The summed E-state index contributed by atoms with van der Waals surface area (Å²) in [5.41, 5.74) is 3.28. The zero-order valence-corrected chi connectivity index (χ0v) is 19.8. The highest BCUT2D eigenvalue weighted by molar-refractivity contribution is 7.89. The van der Waals surface area contributed by atoms with E-state index >= 15 is 0 Å². The maximum absolute atomic E-state index is 13.1. The Morgan fingerprint density at radius 2 is 1.76 bits per heavy atom. The van der Waals surface area contributed by atoms with E-state index in [0.717, 1.165) is 24.4 Å². The van der Waals surface area contributed by atoms with Crippen LogP contribution in [0.5, 0.6) is 0 Å². The van der Waals surface area contributed by atoms with Crippen molar-refractivity contribution in [3.8, 4) is 0 Å². The number of hydrogen-bond acceptors (Lipinski definition) is 5. The van der Waals surface area contributed by atoms with E-state index in [0.29, 0.717) is 12.2 Å². The highest BCUT2D eigenvalue weighted by Crippen LogP contribution is 2.24. The van der Waals surface area contributed by atoms with Crippen molar-refractivity contribution in [2.75, 3.05) is 5.32 Å². The lowest BCUT2D eigenvalue weighted by Gasteiger charge is -2.16. The van der Waals surface area contributed by atoms with Crippen molar-refractivity contribution in [2.45, 2.75) is 57.1 Å². The molecular weight excluding hydrogens is 438 g/mol. The molecule has 1 amide bonds. The predicted octanol–water partition coefficient (Wildman–Crippen LogP) is 3.78. The van der Waals surface area contributed by atoms with Gasteiger partial charge in [0.25, 0.3) is 5.91 Å². The summed E-state index contributed by atoms with van der Waals surface area (Å²) >= 11 is 0. The lowest BCUT2D eigenvalue weighted by atomic mass is 10.1. The van der Waals surface area contributed by atoms with Gasteiger partial charge in [-0.15, -0.1) is 0 Å². The van der Waals surface area contributed by atoms with Gasteiger partial charge in [0.05, 0.1) is 11.4 Å². The number of carbonyl (C=O) groups excluding carboxylic acids is 1. The smallest absolute Gasteiger partial charge is 0.251 e. The van der Waals surface area contributed by atoms with Crippen LogP contribution in [-0.2, 0) is 29.4 Å². The summed E-state index contributed by atoms with van der Waals surface area (Å²) in [4.78, 5) is 13.1. The van der Waals surface area contributed by atoms with E-state index in [1.807, 2.05) is 31.2 Å². The van der Waals surface area contributed by atoms with Gasteiger partial charge in [-0.25, -0.2) is 13.1 Å². The van der Waals surface area contributed by atoms with E-state index in [4.69, 9.17) is 4.42 Å². The second-order valence-electron chi connectivity index (χ2n) is 8.74. The third-order valence-electron chi connectivity index (χ3n) is 5.52. The van der Waals surface area contributed by atoms with Crippen LogP contribution in [0, 0.1) is 6.92 Å². The molecule has 0 saturated carbocycles. The van der Waals surface area contributed by atoms with Crippen LogP contribution in [0.4, 0.5) is 5.69 Å². The highest BCUT2D eigenvalue weighted by Gasteiger charge is 2.24. The Labute approximate surface area is 194 Å². The summed E-state index contributed by atoms with van der Waals surface area (Å²) < 4.78 is 33.9. The molecule has 3 N–H and O–H groups in total. The van der Waals surface area contributed by atoms with E-state index in [-0.39, 0.29) is 28.4 Å². The summed E-state index contributed by atoms with van der Waals surface area (Å²) in [6.45, 7) is 5.74. The molecule has 174 valence electrons. The fourth-order valence-electron chi connectivity index (χ4n) is 4.06. The van der Waals surface area contributed by atoms with Crippen LogP contribution in [0.1, 0.15) is 46.9 Å². The number of hydrogen-bond donors (Lipinski definition) is 3. The Morgan fingerprint density at radius 1 is 1.06 bits per heavy atom. The molecule has 0 spiro atoms. The monoisotopic (exact) mass is 467 g/mol. The van der Waals surface area contributed by atoms with Crippen molar-refractivity contribution in [1.82, 2.24) is 10.0 Å². The molecule has 2 aromatic carbocycles. The maximum atomic E-state index is 13.1. The van der Waals surface area contributed by atoms with E-state index < -0.39 is 10.0 Å². The Morgan fingerprint density at radius 3 is 2.36 bits per heavy atom. The van der Waals surface area contributed by atoms with Crippen LogP contribution < -0.4 is 15.4 Å². The average Bonchev–Trinajstić information content (AvgIpc) is 3.36. The van der Waals surface area contributed by atoms with Crippen LogP contribution in [0.3, 0.4) is 0 Å². The molecule has 0 fully saturated rings. The largest absolute Gasteiger partial charge is 0.465 e. The average molecular weight is 468 g/mol. The van der Waals surface area contributed by atoms with E-state index in [2.05, 4.69) is 27.5 Å². The van der Waals surface area contributed by atoms with Crippen LogP contribution in [0.2, 0.25) is 0 Å². The number of anilines is 1. The van der Waals surface area contributed by atoms with Gasteiger partial charge in [0.15, 0.2) is 0 Å². The van der Waals surface area contributed by atoms with Crippen LogP contribution in [-0.4, -0.2) is 26.4 Å². The highest BCUT2D eigenvalue weighted by atomic mass is 32.2. The van der Waals surface area contributed by atoms with Crippen molar-refractivity contribution in [1.29, 1.82) is 0 Å². The topological polar surface area (TPSA) is 100 Å². The van der Waals surface area contributed by atoms with Crippen LogP contribution in [0.15, 0.2) is 63.9 Å². The first-order valence-corrected chi connectivity index (χ1v) is 12.5. The Bertz CT molecular complexity index is 1240. The molecule has 1 aliphatic rings. The second-order valence-corrected chi connectivity index (χ2v) is 10.4. The summed E-state index contributed by atoms with van der Waals surface area (Å²) in [7, 11) is -3.78. The molecule has 1 aromatic heterocycles. The van der Waals surface area contributed by atoms with Gasteiger partial charge >= 0.3 is 0 Å². The first kappa shape index (κ1) is 23.1. The fraction of sp³-hybridized carbons (Fsp3) is 0.320. The summed E-state index contributed by atoms with van der Waals surface area (Å²) in [6, 6.07) is 16.2. The number of amides is 1. The molecule has 0 aliphatic heterocycles. The molecule has 8 heteroatoms. The van der Waals surface area contributed by atoms with Crippen LogP contribution >= 0.6 is 0 Å². The van der Waals surface area contributed by atoms with E-state index in [1.54, 1.807) is 19.9 Å². The molecule has 0 radical (unpaired) electrons. The normalized spacial score (nSPS) is 13.8. The van der Waals surface area contributed by atoms with Gasteiger partial charge in [0.1, 0.15) is 11.5 Å². The minimum atomic E-state index is -3.78. The van der Waals surface area contributed by atoms with Gasteiger partial charge in [-0.3, -0.25) is 4.79 Å². The minimum absolute atomic E-state index is 0.0218. The maximum Gasteiger partial charge on any atom is 0.251 e. The van der Waals surface area contributed by atoms with Crippen LogP contribution in [0.25, 0.3) is 0 Å². The van der Waals surface area contributed by atoms with Gasteiger partial charge < -0.3 is 15.1 Å². The fourth-order valence-corrected chi connectivity index (χ4v) is 5.39. The standard InChI is InChI=1S/C25H29N3O4S/c1-16(2)28-33(30,31)24-13-20(12-21(14-24)26-15-23-9-8-17(3)32-23)25(29)27-22-10-18-6-4-5-7-19(18)11-22/h4-9,12-14,16,22,26,28H,10-11,15H2,1-3H3,(H,27,29). The SMILES string of the molecule is Cc1ccc(CNc2cc(C(=O)NC3Cc4ccccc4C3)cc(S(=O)(=O)NC(C)C)c2)o1. The third kappa shape index (κ3) is 5.64. The zero-order chi connectivity index (χ0) is 23.6. The lowest BCUT2D eigenvalue weighted by Crippen LogP contribution is -2.35. The first-order chi connectivity index (χ1) is 15.7. The molecule has 4 rings (SSSR count). The zero-order valence-electron chi connectivity index (χ0n) is 19.0. The number of sulfonamides is 1. The van der Waals surface area contributed by atoms with E-state index in [1.165, 1.54) is 23.3 Å². The summed E-state index contributed by atoms with van der Waals surface area (Å²) in [5.74, 6) is 1.21. The van der Waals surface area contributed by atoms with Crippen molar-refractivity contribution in [3.63, 3.8) is 0 Å². The number of benzene rings is 2. The molecular formula is C25H29N3O4S.